The van der Waals surface area contributed by atoms with Crippen molar-refractivity contribution in [2.24, 2.45) is 0 Å². The number of hydrogen-bond acceptors (Lipinski definition) is 0. The third-order valence-corrected chi connectivity index (χ3v) is 2.47. The van der Waals surface area contributed by atoms with Crippen LogP contribution in [0, 0.1) is 0 Å². The minimum absolute atomic E-state index is 0.641. The molecule has 0 spiro atoms. The van der Waals surface area contributed by atoms with Crippen molar-refractivity contribution in [1.82, 2.24) is 0 Å². The smallest absolute Gasteiger partial charge is 0.00881 e. The van der Waals surface area contributed by atoms with E-state index in [1.807, 2.05) is 0 Å². The summed E-state index contributed by atoms with van der Waals surface area (Å²) in [6.45, 7) is 4.50. The molecule has 0 aromatic heterocycles. The molecule has 1 aliphatic rings. The molecule has 0 heterocycles. The minimum Gasteiger partial charge on any atom is -0.0795 e. The largest absolute Gasteiger partial charge is 0.0795 e. The first kappa shape index (κ1) is 7.60. The zero-order valence-corrected chi connectivity index (χ0v) is 7.67. The van der Waals surface area contributed by atoms with Crippen LogP contribution in [0.2, 0.25) is 0 Å². The van der Waals surface area contributed by atoms with Gasteiger partial charge in [-0.15, -0.1) is 0 Å². The van der Waals surface area contributed by atoms with Crippen molar-refractivity contribution in [2.75, 3.05) is 0 Å². The maximum absolute atomic E-state index is 2.25. The van der Waals surface area contributed by atoms with E-state index in [1.165, 1.54) is 16.7 Å². The number of benzene rings is 1. The highest BCUT2D eigenvalue weighted by Gasteiger charge is 2.10. The number of hydrogen-bond donors (Lipinski definition) is 0. The monoisotopic (exact) mass is 158 g/mol. The maximum Gasteiger partial charge on any atom is -0.00881 e. The molecule has 0 atom stereocenters. The molecule has 0 unspecified atom stereocenters. The fourth-order valence-electron chi connectivity index (χ4n) is 1.82. The highest BCUT2D eigenvalue weighted by Crippen LogP contribution is 2.27. The lowest BCUT2D eigenvalue weighted by Crippen LogP contribution is -1.93. The molecule has 0 heteroatoms. The zero-order chi connectivity index (χ0) is 8.55. The first-order valence-electron chi connectivity index (χ1n) is 4.57. The van der Waals surface area contributed by atoms with Gasteiger partial charge in [-0.3, -0.25) is 0 Å². The molecule has 2 rings (SSSR count). The molecule has 62 valence electrons. The molecule has 0 N–H and O–H groups in total. The van der Waals surface area contributed by atoms with Gasteiger partial charge in [0.2, 0.25) is 0 Å². The predicted octanol–water partition coefficient (Wildman–Crippen LogP) is 3.38. The van der Waals surface area contributed by atoms with Crippen LogP contribution in [0.4, 0.5) is 0 Å². The van der Waals surface area contributed by atoms with E-state index in [9.17, 15) is 0 Å². The second kappa shape index (κ2) is 2.78. The lowest BCUT2D eigenvalue weighted by atomic mass is 9.95. The van der Waals surface area contributed by atoms with E-state index in [1.54, 1.807) is 0 Å². The Bertz CT molecular complexity index is 319. The quantitative estimate of drug-likeness (QED) is 0.587. The number of rotatable bonds is 1. The molecule has 0 bridgehead atoms. The Balaban J connectivity index is 2.56. The molecule has 0 fully saturated rings. The van der Waals surface area contributed by atoms with Gasteiger partial charge in [-0.2, -0.15) is 0 Å². The molecular formula is C12H14. The average molecular weight is 158 g/mol. The second-order valence-corrected chi connectivity index (χ2v) is 3.68. The number of fused-ring (bicyclic) bond motifs is 1. The first-order valence-corrected chi connectivity index (χ1v) is 4.57. The van der Waals surface area contributed by atoms with E-state index in [-0.39, 0.29) is 0 Å². The Morgan fingerprint density at radius 3 is 2.83 bits per heavy atom. The van der Waals surface area contributed by atoms with Crippen molar-refractivity contribution in [1.29, 1.82) is 0 Å². The van der Waals surface area contributed by atoms with Crippen molar-refractivity contribution in [2.45, 2.75) is 26.2 Å². The maximum atomic E-state index is 2.25. The van der Waals surface area contributed by atoms with Crippen LogP contribution in [0.5, 0.6) is 0 Å². The summed E-state index contributed by atoms with van der Waals surface area (Å²) < 4.78 is 0. The lowest BCUT2D eigenvalue weighted by molar-refractivity contribution is 0.862. The van der Waals surface area contributed by atoms with E-state index in [0.717, 1.165) is 6.42 Å². The summed E-state index contributed by atoms with van der Waals surface area (Å²) in [5.74, 6) is 0.641. The molecule has 0 aliphatic heterocycles. The SMILES string of the molecule is CC(C)c1cccc2c1C=CC2. The molecule has 1 aliphatic carbocycles. The van der Waals surface area contributed by atoms with Gasteiger partial charge in [0.25, 0.3) is 0 Å². The Morgan fingerprint density at radius 2 is 2.08 bits per heavy atom. The van der Waals surface area contributed by atoms with Gasteiger partial charge < -0.3 is 0 Å². The Labute approximate surface area is 73.9 Å². The number of allylic oxidation sites excluding steroid dienone is 1. The van der Waals surface area contributed by atoms with E-state index in [2.05, 4.69) is 44.2 Å². The van der Waals surface area contributed by atoms with Gasteiger partial charge in [0.15, 0.2) is 0 Å². The van der Waals surface area contributed by atoms with Gasteiger partial charge in [-0.25, -0.2) is 0 Å². The van der Waals surface area contributed by atoms with Gasteiger partial charge in [0, 0.05) is 0 Å². The van der Waals surface area contributed by atoms with E-state index >= 15 is 0 Å². The molecule has 0 amide bonds. The Morgan fingerprint density at radius 1 is 1.25 bits per heavy atom. The summed E-state index contributed by atoms with van der Waals surface area (Å²) in [4.78, 5) is 0. The molecule has 0 saturated carbocycles. The van der Waals surface area contributed by atoms with Crippen molar-refractivity contribution < 1.29 is 0 Å². The van der Waals surface area contributed by atoms with Crippen LogP contribution in [0.3, 0.4) is 0 Å². The molecule has 1 aromatic carbocycles. The normalized spacial score (nSPS) is 13.9. The van der Waals surface area contributed by atoms with E-state index in [0.29, 0.717) is 5.92 Å². The first-order chi connectivity index (χ1) is 5.79. The summed E-state index contributed by atoms with van der Waals surface area (Å²) in [6, 6.07) is 6.63. The fourth-order valence-corrected chi connectivity index (χ4v) is 1.82. The molecule has 1 aromatic rings. The van der Waals surface area contributed by atoms with Gasteiger partial charge in [-0.1, -0.05) is 44.2 Å². The Kier molecular flexibility index (Phi) is 1.76. The van der Waals surface area contributed by atoms with E-state index in [4.69, 9.17) is 0 Å². The molecule has 0 nitrogen and oxygen atoms in total. The average Bonchev–Trinajstić information content (AvgIpc) is 2.49. The van der Waals surface area contributed by atoms with Crippen molar-refractivity contribution in [3.05, 3.63) is 41.0 Å². The summed E-state index contributed by atoms with van der Waals surface area (Å²) >= 11 is 0. The lowest BCUT2D eigenvalue weighted by Gasteiger charge is -2.10. The van der Waals surface area contributed by atoms with Crippen LogP contribution in [-0.2, 0) is 6.42 Å². The fraction of sp³-hybridized carbons (Fsp3) is 0.333. The summed E-state index contributed by atoms with van der Waals surface area (Å²) in [5, 5.41) is 0. The topological polar surface area (TPSA) is 0 Å². The van der Waals surface area contributed by atoms with Crippen molar-refractivity contribution >= 4 is 6.08 Å². The standard InChI is InChI=1S/C12H14/c1-9(2)11-7-3-5-10-6-4-8-12(10)11/h3-5,7-9H,6H2,1-2H3. The molecule has 0 radical (unpaired) electrons. The van der Waals surface area contributed by atoms with Crippen LogP contribution >= 0.6 is 0 Å². The van der Waals surface area contributed by atoms with Gasteiger partial charge >= 0.3 is 0 Å². The molecule has 0 saturated heterocycles. The van der Waals surface area contributed by atoms with Crippen LogP contribution in [0.25, 0.3) is 6.08 Å². The summed E-state index contributed by atoms with van der Waals surface area (Å²) in [7, 11) is 0. The summed E-state index contributed by atoms with van der Waals surface area (Å²) in [6.07, 6.45) is 5.62. The highest BCUT2D eigenvalue weighted by molar-refractivity contribution is 5.63. The van der Waals surface area contributed by atoms with Crippen molar-refractivity contribution in [3.8, 4) is 0 Å². The third-order valence-electron chi connectivity index (χ3n) is 2.47. The van der Waals surface area contributed by atoms with Gasteiger partial charge in [0.05, 0.1) is 0 Å². The van der Waals surface area contributed by atoms with Crippen LogP contribution < -0.4 is 0 Å². The predicted molar refractivity (Wildman–Crippen MR) is 53.3 cm³/mol. The minimum atomic E-state index is 0.641. The van der Waals surface area contributed by atoms with Crippen molar-refractivity contribution in [3.63, 3.8) is 0 Å². The highest BCUT2D eigenvalue weighted by atomic mass is 14.2. The summed E-state index contributed by atoms with van der Waals surface area (Å²) in [5.41, 5.74) is 4.44. The second-order valence-electron chi connectivity index (χ2n) is 3.68. The third kappa shape index (κ3) is 1.08. The molecule has 12 heavy (non-hydrogen) atoms. The molecular weight excluding hydrogens is 144 g/mol. The van der Waals surface area contributed by atoms with E-state index < -0.39 is 0 Å². The van der Waals surface area contributed by atoms with Crippen LogP contribution in [-0.4, -0.2) is 0 Å². The van der Waals surface area contributed by atoms with Crippen LogP contribution in [0.15, 0.2) is 24.3 Å². The van der Waals surface area contributed by atoms with Gasteiger partial charge in [0.1, 0.15) is 0 Å². The Hall–Kier alpha value is -1.04. The zero-order valence-electron chi connectivity index (χ0n) is 7.67. The van der Waals surface area contributed by atoms with Gasteiger partial charge in [-0.05, 0) is 29.0 Å². The van der Waals surface area contributed by atoms with Crippen LogP contribution in [0.1, 0.15) is 36.5 Å².